The fraction of sp³-hybridized carbons (Fsp3) is 0.769. The summed E-state index contributed by atoms with van der Waals surface area (Å²) in [5, 5.41) is 19.2. The van der Waals surface area contributed by atoms with Crippen LogP contribution in [-0.4, -0.2) is 44.6 Å². The van der Waals surface area contributed by atoms with Crippen LogP contribution in [0.4, 0.5) is 4.79 Å². The molecule has 1 saturated carbocycles. The van der Waals surface area contributed by atoms with Gasteiger partial charge >= 0.3 is 6.03 Å². The van der Waals surface area contributed by atoms with Gasteiger partial charge in [0.1, 0.15) is 12.7 Å². The van der Waals surface area contributed by atoms with E-state index in [2.05, 4.69) is 20.7 Å². The Labute approximate surface area is 118 Å². The summed E-state index contributed by atoms with van der Waals surface area (Å²) in [6, 6.07) is -0.136. The zero-order valence-electron chi connectivity index (χ0n) is 11.8. The van der Waals surface area contributed by atoms with Crippen molar-refractivity contribution >= 4 is 6.03 Å². The van der Waals surface area contributed by atoms with E-state index in [0.29, 0.717) is 6.54 Å². The second-order valence-corrected chi connectivity index (χ2v) is 5.47. The third-order valence-corrected chi connectivity index (χ3v) is 3.77. The number of rotatable bonds is 5. The Bertz CT molecular complexity index is 409. The van der Waals surface area contributed by atoms with Crippen molar-refractivity contribution in [1.82, 2.24) is 25.4 Å². The Hall–Kier alpha value is -1.63. The van der Waals surface area contributed by atoms with Gasteiger partial charge in [-0.05, 0) is 19.8 Å². The van der Waals surface area contributed by atoms with Crippen LogP contribution >= 0.6 is 0 Å². The first kappa shape index (κ1) is 14.8. The van der Waals surface area contributed by atoms with Crippen LogP contribution < -0.4 is 10.6 Å². The average Bonchev–Trinajstić information content (AvgIpc) is 2.91. The number of carbonyl (C=O) groups excluding carboxylic acids is 1. The van der Waals surface area contributed by atoms with E-state index in [1.165, 1.54) is 6.33 Å². The lowest BCUT2D eigenvalue weighted by molar-refractivity contribution is 0.153. The Morgan fingerprint density at radius 1 is 1.50 bits per heavy atom. The van der Waals surface area contributed by atoms with E-state index in [1.54, 1.807) is 11.0 Å². The van der Waals surface area contributed by atoms with Crippen LogP contribution in [0.3, 0.4) is 0 Å². The number of hydrogen-bond donors (Lipinski definition) is 3. The average molecular weight is 281 g/mol. The molecule has 2 rings (SSSR count). The van der Waals surface area contributed by atoms with Crippen LogP contribution in [0.15, 0.2) is 12.7 Å². The normalized spacial score (nSPS) is 24.1. The number of nitrogens with one attached hydrogen (secondary N) is 2. The molecule has 0 aliphatic heterocycles. The second-order valence-electron chi connectivity index (χ2n) is 5.47. The number of amides is 2. The molecule has 1 fully saturated rings. The summed E-state index contributed by atoms with van der Waals surface area (Å²) in [7, 11) is 0. The Kier molecular flexibility index (Phi) is 5.34. The molecule has 0 aromatic carbocycles. The summed E-state index contributed by atoms with van der Waals surface area (Å²) >= 11 is 0. The third kappa shape index (κ3) is 4.19. The maximum absolute atomic E-state index is 12.0. The molecule has 1 aromatic rings. The number of hydrogen-bond acceptors (Lipinski definition) is 4. The van der Waals surface area contributed by atoms with Gasteiger partial charge in [-0.15, -0.1) is 0 Å². The molecule has 0 bridgehead atoms. The van der Waals surface area contributed by atoms with Crippen molar-refractivity contribution in [2.75, 3.05) is 6.61 Å². The van der Waals surface area contributed by atoms with Gasteiger partial charge in [0, 0.05) is 24.6 Å². The summed E-state index contributed by atoms with van der Waals surface area (Å²) in [6.07, 6.45) is 7.26. The van der Waals surface area contributed by atoms with Gasteiger partial charge in [0.25, 0.3) is 0 Å². The molecule has 1 aliphatic carbocycles. The van der Waals surface area contributed by atoms with Gasteiger partial charge in [0.2, 0.25) is 0 Å². The highest BCUT2D eigenvalue weighted by Crippen LogP contribution is 2.23. The molecule has 0 saturated heterocycles. The molecule has 7 nitrogen and oxygen atoms in total. The quantitative estimate of drug-likeness (QED) is 0.733. The summed E-state index contributed by atoms with van der Waals surface area (Å²) in [4.78, 5) is 15.8. The van der Waals surface area contributed by atoms with E-state index in [4.69, 9.17) is 0 Å². The van der Waals surface area contributed by atoms with Gasteiger partial charge in [-0.25, -0.2) is 9.78 Å². The molecule has 3 unspecified atom stereocenters. The van der Waals surface area contributed by atoms with E-state index >= 15 is 0 Å². The minimum atomic E-state index is -0.178. The number of nitrogens with zero attached hydrogens (tertiary/aromatic N) is 3. The first-order valence-corrected chi connectivity index (χ1v) is 7.19. The maximum Gasteiger partial charge on any atom is 0.315 e. The SMILES string of the molecule is CC(Cn1cncn1)NC(=O)NC1CCCCC1CO. The first-order valence-electron chi connectivity index (χ1n) is 7.19. The second kappa shape index (κ2) is 7.23. The zero-order chi connectivity index (χ0) is 14.4. The highest BCUT2D eigenvalue weighted by molar-refractivity contribution is 5.74. The molecule has 1 heterocycles. The Morgan fingerprint density at radius 2 is 2.30 bits per heavy atom. The van der Waals surface area contributed by atoms with Gasteiger partial charge in [0.05, 0.1) is 6.54 Å². The fourth-order valence-electron chi connectivity index (χ4n) is 2.70. The standard InChI is InChI=1S/C13H23N5O2/c1-10(6-18-9-14-8-15-18)16-13(20)17-12-5-3-2-4-11(12)7-19/h8-12,19H,2-7H2,1H3,(H2,16,17,20). The van der Waals surface area contributed by atoms with Gasteiger partial charge in [0.15, 0.2) is 0 Å². The predicted molar refractivity (Wildman–Crippen MR) is 74.0 cm³/mol. The molecular weight excluding hydrogens is 258 g/mol. The van der Waals surface area contributed by atoms with Crippen molar-refractivity contribution in [2.45, 2.75) is 51.2 Å². The number of urea groups is 1. The maximum atomic E-state index is 12.0. The van der Waals surface area contributed by atoms with E-state index in [0.717, 1.165) is 25.7 Å². The number of aromatic nitrogens is 3. The summed E-state index contributed by atoms with van der Waals surface area (Å²) < 4.78 is 1.68. The van der Waals surface area contributed by atoms with Crippen molar-refractivity contribution in [3.05, 3.63) is 12.7 Å². The molecule has 112 valence electrons. The number of aliphatic hydroxyl groups is 1. The van der Waals surface area contributed by atoms with E-state index in [-0.39, 0.29) is 30.6 Å². The van der Waals surface area contributed by atoms with Gasteiger partial charge in [-0.3, -0.25) is 4.68 Å². The molecule has 7 heteroatoms. The van der Waals surface area contributed by atoms with Crippen molar-refractivity contribution in [3.8, 4) is 0 Å². The third-order valence-electron chi connectivity index (χ3n) is 3.77. The molecule has 1 aliphatic rings. The molecule has 3 atom stereocenters. The van der Waals surface area contributed by atoms with E-state index in [1.807, 2.05) is 6.92 Å². The first-order chi connectivity index (χ1) is 9.69. The van der Waals surface area contributed by atoms with Crippen molar-refractivity contribution in [3.63, 3.8) is 0 Å². The number of aliphatic hydroxyl groups excluding tert-OH is 1. The summed E-state index contributed by atoms with van der Waals surface area (Å²) in [5.41, 5.74) is 0. The summed E-state index contributed by atoms with van der Waals surface area (Å²) in [6.45, 7) is 2.65. The van der Waals surface area contributed by atoms with Crippen molar-refractivity contribution in [2.24, 2.45) is 5.92 Å². The molecule has 0 spiro atoms. The fourth-order valence-corrected chi connectivity index (χ4v) is 2.70. The van der Waals surface area contributed by atoms with Crippen LogP contribution in [0.25, 0.3) is 0 Å². The largest absolute Gasteiger partial charge is 0.396 e. The van der Waals surface area contributed by atoms with Crippen molar-refractivity contribution in [1.29, 1.82) is 0 Å². The van der Waals surface area contributed by atoms with Crippen LogP contribution in [0.5, 0.6) is 0 Å². The lowest BCUT2D eigenvalue weighted by atomic mass is 9.85. The molecule has 1 aromatic heterocycles. The van der Waals surface area contributed by atoms with Gasteiger partial charge < -0.3 is 15.7 Å². The lowest BCUT2D eigenvalue weighted by Crippen LogP contribution is -2.50. The number of carbonyl (C=O) groups is 1. The molecule has 0 radical (unpaired) electrons. The Balaban J connectivity index is 1.76. The van der Waals surface area contributed by atoms with Gasteiger partial charge in [-0.2, -0.15) is 5.10 Å². The van der Waals surface area contributed by atoms with Crippen LogP contribution in [0.2, 0.25) is 0 Å². The summed E-state index contributed by atoms with van der Waals surface area (Å²) in [5.74, 6) is 0.181. The highest BCUT2D eigenvalue weighted by Gasteiger charge is 2.26. The van der Waals surface area contributed by atoms with E-state index < -0.39 is 0 Å². The molecular formula is C13H23N5O2. The topological polar surface area (TPSA) is 92.1 Å². The lowest BCUT2D eigenvalue weighted by Gasteiger charge is -2.31. The predicted octanol–water partition coefficient (Wildman–Crippen LogP) is 0.517. The molecule has 2 amide bonds. The highest BCUT2D eigenvalue weighted by atomic mass is 16.3. The van der Waals surface area contributed by atoms with Crippen LogP contribution in [0, 0.1) is 5.92 Å². The molecule has 3 N–H and O–H groups in total. The Morgan fingerprint density at radius 3 is 3.00 bits per heavy atom. The minimum Gasteiger partial charge on any atom is -0.396 e. The monoisotopic (exact) mass is 281 g/mol. The van der Waals surface area contributed by atoms with Crippen LogP contribution in [0.1, 0.15) is 32.6 Å². The zero-order valence-corrected chi connectivity index (χ0v) is 11.8. The molecule has 20 heavy (non-hydrogen) atoms. The van der Waals surface area contributed by atoms with Crippen LogP contribution in [-0.2, 0) is 6.54 Å². The van der Waals surface area contributed by atoms with Gasteiger partial charge in [-0.1, -0.05) is 12.8 Å². The van der Waals surface area contributed by atoms with Crippen molar-refractivity contribution < 1.29 is 9.90 Å². The minimum absolute atomic E-state index is 0.0344. The smallest absolute Gasteiger partial charge is 0.315 e. The van der Waals surface area contributed by atoms with E-state index in [9.17, 15) is 9.90 Å².